The highest BCUT2D eigenvalue weighted by molar-refractivity contribution is 5.98. The average Bonchev–Trinajstić information content (AvgIpc) is 2.90. The fourth-order valence-electron chi connectivity index (χ4n) is 3.75. The van der Waals surface area contributed by atoms with E-state index >= 15 is 0 Å². The van der Waals surface area contributed by atoms with Gasteiger partial charge in [-0.3, -0.25) is 9.59 Å². The molecule has 0 saturated carbocycles. The van der Waals surface area contributed by atoms with Gasteiger partial charge >= 0.3 is 11.9 Å². The van der Waals surface area contributed by atoms with Crippen LogP contribution in [-0.2, 0) is 19.1 Å². The van der Waals surface area contributed by atoms with Crippen LogP contribution in [0.1, 0.15) is 58.5 Å². The third-order valence-electron chi connectivity index (χ3n) is 6.10. The van der Waals surface area contributed by atoms with Gasteiger partial charge in [-0.15, -0.1) is 0 Å². The monoisotopic (exact) mass is 566 g/mol. The van der Waals surface area contributed by atoms with Crippen LogP contribution >= 0.6 is 0 Å². The van der Waals surface area contributed by atoms with E-state index in [9.17, 15) is 23.2 Å². The molecule has 1 heterocycles. The van der Waals surface area contributed by atoms with Crippen LogP contribution in [0.5, 0.6) is 17.2 Å². The van der Waals surface area contributed by atoms with Gasteiger partial charge < -0.3 is 29.0 Å². The number of hydrogen-bond donors (Lipinski definition) is 1. The molecule has 0 aliphatic carbocycles. The molecule has 10 nitrogen and oxygen atoms in total. The lowest BCUT2D eigenvalue weighted by Gasteiger charge is -2.30. The highest BCUT2D eigenvalue weighted by Crippen LogP contribution is 2.30. The molecule has 0 aliphatic rings. The number of methoxy groups -OCH3 is 1. The van der Waals surface area contributed by atoms with E-state index in [1.54, 1.807) is 27.7 Å². The lowest BCUT2D eigenvalue weighted by molar-refractivity contribution is -0.158. The minimum absolute atomic E-state index is 0.0845. The highest BCUT2D eigenvalue weighted by Gasteiger charge is 2.34. The number of ether oxygens (including phenoxy) is 5. The Bertz CT molecular complexity index is 1180. The van der Waals surface area contributed by atoms with Crippen molar-refractivity contribution in [2.45, 2.75) is 66.2 Å². The number of benzene rings is 1. The Kier molecular flexibility index (Phi) is 12.1. The van der Waals surface area contributed by atoms with Crippen molar-refractivity contribution < 1.29 is 46.8 Å². The summed E-state index contributed by atoms with van der Waals surface area (Å²) in [4.78, 5) is 41.8. The zero-order valence-electron chi connectivity index (χ0n) is 23.7. The zero-order valence-corrected chi connectivity index (χ0v) is 23.7. The van der Waals surface area contributed by atoms with Crippen molar-refractivity contribution in [2.75, 3.05) is 13.9 Å². The molecule has 0 fully saturated rings. The van der Waals surface area contributed by atoms with Crippen molar-refractivity contribution in [1.82, 2.24) is 10.3 Å². The van der Waals surface area contributed by atoms with Crippen LogP contribution in [0.15, 0.2) is 30.5 Å². The number of nitrogens with one attached hydrogen (secondary N) is 1. The van der Waals surface area contributed by atoms with E-state index in [0.717, 1.165) is 18.2 Å². The van der Waals surface area contributed by atoms with Crippen molar-refractivity contribution in [1.29, 1.82) is 0 Å². The van der Waals surface area contributed by atoms with Gasteiger partial charge in [0.05, 0.1) is 7.11 Å². The lowest BCUT2D eigenvalue weighted by atomic mass is 9.98. The third-order valence-corrected chi connectivity index (χ3v) is 6.10. The summed E-state index contributed by atoms with van der Waals surface area (Å²) >= 11 is 0. The van der Waals surface area contributed by atoms with Gasteiger partial charge in [0.2, 0.25) is 6.79 Å². The molecular weight excluding hydrogens is 530 g/mol. The summed E-state index contributed by atoms with van der Waals surface area (Å²) < 4.78 is 54.7. The predicted octanol–water partition coefficient (Wildman–Crippen LogP) is 4.45. The molecule has 40 heavy (non-hydrogen) atoms. The molecule has 2 aromatic rings. The van der Waals surface area contributed by atoms with E-state index < -0.39 is 54.5 Å². The zero-order chi connectivity index (χ0) is 30.0. The molecule has 1 aromatic heterocycles. The number of nitrogens with zero attached hydrogens (tertiary/aromatic N) is 1. The highest BCUT2D eigenvalue weighted by atomic mass is 19.1. The number of halogens is 2. The van der Waals surface area contributed by atoms with Crippen molar-refractivity contribution in [3.8, 4) is 17.2 Å². The summed E-state index contributed by atoms with van der Waals surface area (Å²) in [6.07, 6.45) is 0.112. The Morgan fingerprint density at radius 1 is 1.05 bits per heavy atom. The van der Waals surface area contributed by atoms with Gasteiger partial charge in [0.25, 0.3) is 5.91 Å². The van der Waals surface area contributed by atoms with Gasteiger partial charge in [0, 0.05) is 25.3 Å². The molecule has 220 valence electrons. The number of carbonyl (C=O) groups is 3. The lowest BCUT2D eigenvalue weighted by Crippen LogP contribution is -2.49. The van der Waals surface area contributed by atoms with Crippen LogP contribution in [-0.4, -0.2) is 55.0 Å². The van der Waals surface area contributed by atoms with Gasteiger partial charge in [-0.1, -0.05) is 34.1 Å². The number of hydrogen-bond acceptors (Lipinski definition) is 9. The second-order valence-electron chi connectivity index (χ2n) is 9.47. The summed E-state index contributed by atoms with van der Waals surface area (Å²) in [6.45, 7) is 9.44. The molecule has 4 atom stereocenters. The van der Waals surface area contributed by atoms with Crippen molar-refractivity contribution in [3.63, 3.8) is 0 Å². The van der Waals surface area contributed by atoms with Crippen LogP contribution in [0.25, 0.3) is 0 Å². The van der Waals surface area contributed by atoms with Crippen LogP contribution in [0, 0.1) is 23.5 Å². The fourth-order valence-corrected chi connectivity index (χ4v) is 3.75. The first-order valence-electron chi connectivity index (χ1n) is 12.8. The first kappa shape index (κ1) is 32.3. The van der Waals surface area contributed by atoms with E-state index in [4.69, 9.17) is 23.7 Å². The Morgan fingerprint density at radius 3 is 2.35 bits per heavy atom. The molecule has 0 radical (unpaired) electrons. The van der Waals surface area contributed by atoms with Crippen LogP contribution in [0.3, 0.4) is 0 Å². The van der Waals surface area contributed by atoms with E-state index in [2.05, 4.69) is 10.3 Å². The smallest absolute Gasteiger partial charge is 0.329 e. The fraction of sp³-hybridized carbons (Fsp3) is 0.500. The topological polar surface area (TPSA) is 122 Å². The van der Waals surface area contributed by atoms with E-state index in [-0.39, 0.29) is 34.8 Å². The number of pyridine rings is 1. The molecule has 0 unspecified atom stereocenters. The summed E-state index contributed by atoms with van der Waals surface area (Å²) in [5.41, 5.74) is -0.203. The minimum atomic E-state index is -1.10. The quantitative estimate of drug-likeness (QED) is 0.261. The number of rotatable bonds is 14. The van der Waals surface area contributed by atoms with Crippen molar-refractivity contribution in [3.05, 3.63) is 47.8 Å². The standard InChI is InChI=1S/C28H36F2N2O8/c1-8-16(4)23(32-27(34)24-26(38-14-37-18(6)33)21(36-7)11-12-31-24)28(35)39-17(5)25(15(2)3)40-22-13-19(29)9-10-20(22)30/h9-13,15-17,23,25H,8,14H2,1-7H3,(H,32,34)/t16-,17-,23-,25+/m0/s1. The summed E-state index contributed by atoms with van der Waals surface area (Å²) in [6, 6.07) is 3.19. The molecular formula is C28H36F2N2O8. The number of aromatic nitrogens is 1. The first-order chi connectivity index (χ1) is 18.9. The minimum Gasteiger partial charge on any atom is -0.493 e. The van der Waals surface area contributed by atoms with Crippen LogP contribution < -0.4 is 19.5 Å². The maximum absolute atomic E-state index is 14.2. The predicted molar refractivity (Wildman–Crippen MR) is 140 cm³/mol. The average molecular weight is 567 g/mol. The molecule has 2 rings (SSSR count). The van der Waals surface area contributed by atoms with Crippen molar-refractivity contribution in [2.24, 2.45) is 11.8 Å². The second-order valence-corrected chi connectivity index (χ2v) is 9.47. The maximum Gasteiger partial charge on any atom is 0.329 e. The van der Waals surface area contributed by atoms with Gasteiger partial charge in [-0.05, 0) is 30.9 Å². The number of esters is 2. The molecule has 1 aromatic carbocycles. The van der Waals surface area contributed by atoms with Gasteiger partial charge in [0.15, 0.2) is 28.8 Å². The Hall–Kier alpha value is -3.96. The maximum atomic E-state index is 14.2. The van der Waals surface area contributed by atoms with Crippen LogP contribution in [0.4, 0.5) is 8.78 Å². The Balaban J connectivity index is 2.25. The molecule has 0 spiro atoms. The molecule has 1 N–H and O–H groups in total. The second kappa shape index (κ2) is 15.0. The van der Waals surface area contributed by atoms with Crippen molar-refractivity contribution >= 4 is 17.8 Å². The SMILES string of the molecule is CC[C@H](C)[C@H](NC(=O)c1nccc(OC)c1OCOC(C)=O)C(=O)O[C@@H](C)[C@H](Oc1cc(F)ccc1F)C(C)C. The molecule has 0 saturated heterocycles. The first-order valence-corrected chi connectivity index (χ1v) is 12.8. The summed E-state index contributed by atoms with van der Waals surface area (Å²) in [5.74, 6) is -4.38. The largest absolute Gasteiger partial charge is 0.493 e. The summed E-state index contributed by atoms with van der Waals surface area (Å²) in [7, 11) is 1.36. The number of amides is 1. The Morgan fingerprint density at radius 2 is 1.75 bits per heavy atom. The van der Waals surface area contributed by atoms with Crippen LogP contribution in [0.2, 0.25) is 0 Å². The summed E-state index contributed by atoms with van der Waals surface area (Å²) in [5, 5.41) is 2.64. The van der Waals surface area contributed by atoms with E-state index in [0.29, 0.717) is 6.42 Å². The van der Waals surface area contributed by atoms with Gasteiger partial charge in [0.1, 0.15) is 24.1 Å². The van der Waals surface area contributed by atoms with E-state index in [1.165, 1.54) is 26.3 Å². The van der Waals surface area contributed by atoms with Gasteiger partial charge in [-0.2, -0.15) is 0 Å². The third kappa shape index (κ3) is 8.78. The number of carbonyl (C=O) groups excluding carboxylic acids is 3. The molecule has 0 bridgehead atoms. The van der Waals surface area contributed by atoms with Gasteiger partial charge in [-0.25, -0.2) is 18.6 Å². The molecule has 12 heteroatoms. The molecule has 1 amide bonds. The molecule has 0 aliphatic heterocycles. The Labute approximate surface area is 232 Å². The normalized spacial score (nSPS) is 13.9. The van der Waals surface area contributed by atoms with E-state index in [1.807, 2.05) is 6.92 Å².